The minimum absolute atomic E-state index is 0.152. The average Bonchev–Trinajstić information content (AvgIpc) is 3.05. The lowest BCUT2D eigenvalue weighted by atomic mass is 10.0. The number of carbonyl (C=O) groups excluding carboxylic acids is 2. The number of benzene rings is 1. The molecule has 1 saturated heterocycles. The summed E-state index contributed by atoms with van der Waals surface area (Å²) in [6.45, 7) is 6.03. The van der Waals surface area contributed by atoms with E-state index in [9.17, 15) is 9.59 Å². The summed E-state index contributed by atoms with van der Waals surface area (Å²) in [6, 6.07) is 5.84. The molecule has 0 unspecified atom stereocenters. The Kier molecular flexibility index (Phi) is 3.68. The van der Waals surface area contributed by atoms with Gasteiger partial charge in [-0.1, -0.05) is 18.2 Å². The molecule has 1 aliphatic carbocycles. The highest BCUT2D eigenvalue weighted by Gasteiger charge is 2.56. The molecule has 2 fully saturated rings. The summed E-state index contributed by atoms with van der Waals surface area (Å²) in [5.74, 6) is -0.155. The third kappa shape index (κ3) is 2.65. The maximum atomic E-state index is 13.2. The van der Waals surface area contributed by atoms with Gasteiger partial charge in [-0.25, -0.2) is 4.98 Å². The van der Waals surface area contributed by atoms with Crippen LogP contribution in [-0.4, -0.2) is 33.8 Å². The van der Waals surface area contributed by atoms with Gasteiger partial charge in [-0.3, -0.25) is 9.59 Å². The molecule has 4 rings (SSSR count). The lowest BCUT2D eigenvalue weighted by Gasteiger charge is -2.24. The quantitative estimate of drug-likeness (QED) is 0.920. The molecule has 2 amide bonds. The van der Waals surface area contributed by atoms with E-state index in [2.05, 4.69) is 31.0 Å². The molecule has 0 radical (unpaired) electrons. The number of carbonyl (C=O) groups is 2. The van der Waals surface area contributed by atoms with Crippen molar-refractivity contribution in [2.75, 3.05) is 0 Å². The molecule has 2 aromatic rings. The van der Waals surface area contributed by atoms with Gasteiger partial charge in [-0.05, 0) is 56.2 Å². The Bertz CT molecular complexity index is 889. The second kappa shape index (κ2) is 5.66. The highest BCUT2D eigenvalue weighted by Crippen LogP contribution is 2.48. The standard InChI is InChI=1S/C19H21N3O2S/c1-9-4-5-12(6-10(9)2)17-16(21-11(3)25-17)19(24)22-14-7-13(14)8-15(22)18(20)23/h4-6,13-15H,7-8H2,1-3H3,(H2,20,23)/t13-,14-,15-/m0/s1. The molecule has 1 aromatic carbocycles. The van der Waals surface area contributed by atoms with E-state index < -0.39 is 11.9 Å². The molecule has 2 heterocycles. The van der Waals surface area contributed by atoms with Gasteiger partial charge in [-0.15, -0.1) is 11.3 Å². The van der Waals surface area contributed by atoms with Crippen molar-refractivity contribution in [1.82, 2.24) is 9.88 Å². The van der Waals surface area contributed by atoms with Crippen LogP contribution in [0.4, 0.5) is 0 Å². The molecule has 5 nitrogen and oxygen atoms in total. The molecule has 2 aliphatic rings. The lowest BCUT2D eigenvalue weighted by molar-refractivity contribution is -0.122. The number of thiazole rings is 1. The zero-order chi connectivity index (χ0) is 17.9. The van der Waals surface area contributed by atoms with Crippen LogP contribution in [0.2, 0.25) is 0 Å². The molecule has 1 aliphatic heterocycles. The van der Waals surface area contributed by atoms with Gasteiger partial charge < -0.3 is 10.6 Å². The Morgan fingerprint density at radius 3 is 2.64 bits per heavy atom. The third-order valence-corrected chi connectivity index (χ3v) is 6.39. The molecule has 25 heavy (non-hydrogen) atoms. The van der Waals surface area contributed by atoms with Crippen LogP contribution in [0.5, 0.6) is 0 Å². The molecule has 1 saturated carbocycles. The van der Waals surface area contributed by atoms with E-state index in [1.165, 1.54) is 22.5 Å². The van der Waals surface area contributed by atoms with Crippen LogP contribution in [0.1, 0.15) is 39.5 Å². The van der Waals surface area contributed by atoms with Crippen LogP contribution in [0.25, 0.3) is 10.4 Å². The van der Waals surface area contributed by atoms with Crippen molar-refractivity contribution in [2.45, 2.75) is 45.7 Å². The van der Waals surface area contributed by atoms with Gasteiger partial charge in [0.2, 0.25) is 5.91 Å². The van der Waals surface area contributed by atoms with E-state index in [1.54, 1.807) is 4.90 Å². The van der Waals surface area contributed by atoms with E-state index in [0.29, 0.717) is 18.0 Å². The fraction of sp³-hybridized carbons (Fsp3) is 0.421. The van der Waals surface area contributed by atoms with Crippen LogP contribution in [0.15, 0.2) is 18.2 Å². The number of amides is 2. The monoisotopic (exact) mass is 355 g/mol. The van der Waals surface area contributed by atoms with Crippen molar-refractivity contribution in [3.63, 3.8) is 0 Å². The maximum absolute atomic E-state index is 13.2. The SMILES string of the molecule is Cc1nc(C(=O)N2[C@H](C(N)=O)C[C@@H]3C[C@@H]32)c(-c2ccc(C)c(C)c2)s1. The van der Waals surface area contributed by atoms with Gasteiger partial charge >= 0.3 is 0 Å². The van der Waals surface area contributed by atoms with Gasteiger partial charge in [0.15, 0.2) is 0 Å². The minimum Gasteiger partial charge on any atom is -0.368 e. The first-order chi connectivity index (χ1) is 11.9. The fourth-order valence-corrected chi connectivity index (χ4v) is 4.68. The van der Waals surface area contributed by atoms with Crippen molar-refractivity contribution < 1.29 is 9.59 Å². The second-order valence-corrected chi connectivity index (χ2v) is 8.34. The highest BCUT2D eigenvalue weighted by molar-refractivity contribution is 7.15. The topological polar surface area (TPSA) is 76.3 Å². The van der Waals surface area contributed by atoms with E-state index in [-0.39, 0.29) is 11.9 Å². The van der Waals surface area contributed by atoms with E-state index in [4.69, 9.17) is 5.73 Å². The van der Waals surface area contributed by atoms with E-state index in [0.717, 1.165) is 21.9 Å². The average molecular weight is 355 g/mol. The van der Waals surface area contributed by atoms with Crippen molar-refractivity contribution in [1.29, 1.82) is 0 Å². The number of nitrogens with two attached hydrogens (primary N) is 1. The number of piperidine rings is 1. The van der Waals surface area contributed by atoms with Crippen LogP contribution >= 0.6 is 11.3 Å². The van der Waals surface area contributed by atoms with Crippen molar-refractivity contribution in [3.05, 3.63) is 40.0 Å². The Morgan fingerprint density at radius 1 is 1.20 bits per heavy atom. The zero-order valence-corrected chi connectivity index (χ0v) is 15.4. The van der Waals surface area contributed by atoms with Crippen LogP contribution in [-0.2, 0) is 4.79 Å². The highest BCUT2D eigenvalue weighted by atomic mass is 32.1. The summed E-state index contributed by atoms with van der Waals surface area (Å²) in [4.78, 5) is 32.1. The third-order valence-electron chi connectivity index (χ3n) is 5.37. The summed E-state index contributed by atoms with van der Waals surface area (Å²) in [5, 5.41) is 0.846. The number of nitrogens with zero attached hydrogens (tertiary/aromatic N) is 2. The normalized spacial score (nSPS) is 24.3. The van der Waals surface area contributed by atoms with Gasteiger partial charge in [0.05, 0.1) is 9.88 Å². The molecule has 3 atom stereocenters. The van der Waals surface area contributed by atoms with Gasteiger partial charge in [-0.2, -0.15) is 0 Å². The number of rotatable bonds is 3. The fourth-order valence-electron chi connectivity index (χ4n) is 3.78. The zero-order valence-electron chi connectivity index (χ0n) is 14.6. The molecular weight excluding hydrogens is 334 g/mol. The van der Waals surface area contributed by atoms with Crippen molar-refractivity contribution in [2.24, 2.45) is 11.7 Å². The molecule has 6 heteroatoms. The van der Waals surface area contributed by atoms with Crippen molar-refractivity contribution >= 4 is 23.2 Å². The van der Waals surface area contributed by atoms with E-state index >= 15 is 0 Å². The Hall–Kier alpha value is -2.21. The molecule has 130 valence electrons. The second-order valence-electron chi connectivity index (χ2n) is 7.14. The molecular formula is C19H21N3O2S. The Balaban J connectivity index is 1.74. The predicted molar refractivity (Wildman–Crippen MR) is 97.4 cm³/mol. The van der Waals surface area contributed by atoms with Crippen LogP contribution in [0, 0.1) is 26.7 Å². The molecule has 0 bridgehead atoms. The predicted octanol–water partition coefficient (Wildman–Crippen LogP) is 2.82. The summed E-state index contributed by atoms with van der Waals surface area (Å²) >= 11 is 1.52. The molecule has 2 N–H and O–H groups in total. The largest absolute Gasteiger partial charge is 0.368 e. The number of aryl methyl sites for hydroxylation is 3. The van der Waals surface area contributed by atoms with Gasteiger partial charge in [0.25, 0.3) is 5.91 Å². The van der Waals surface area contributed by atoms with Crippen LogP contribution in [0.3, 0.4) is 0 Å². The lowest BCUT2D eigenvalue weighted by Crippen LogP contribution is -2.46. The molecule has 0 spiro atoms. The van der Waals surface area contributed by atoms with Crippen LogP contribution < -0.4 is 5.73 Å². The maximum Gasteiger partial charge on any atom is 0.274 e. The number of primary amides is 1. The summed E-state index contributed by atoms with van der Waals surface area (Å²) in [7, 11) is 0. The number of aromatic nitrogens is 1. The number of likely N-dealkylation sites (tertiary alicyclic amines) is 1. The van der Waals surface area contributed by atoms with Gasteiger partial charge in [0, 0.05) is 6.04 Å². The number of fused-ring (bicyclic) bond motifs is 1. The summed E-state index contributed by atoms with van der Waals surface area (Å²) in [6.07, 6.45) is 1.66. The number of hydrogen-bond acceptors (Lipinski definition) is 4. The summed E-state index contributed by atoms with van der Waals surface area (Å²) in [5.41, 5.74) is 9.37. The first kappa shape index (κ1) is 16.3. The van der Waals surface area contributed by atoms with E-state index in [1.807, 2.05) is 13.0 Å². The molecule has 1 aromatic heterocycles. The Morgan fingerprint density at radius 2 is 1.96 bits per heavy atom. The first-order valence-corrected chi connectivity index (χ1v) is 9.35. The van der Waals surface area contributed by atoms with Gasteiger partial charge in [0.1, 0.15) is 11.7 Å². The summed E-state index contributed by atoms with van der Waals surface area (Å²) < 4.78 is 0. The minimum atomic E-state index is -0.495. The van der Waals surface area contributed by atoms with Crippen molar-refractivity contribution in [3.8, 4) is 10.4 Å². The smallest absolute Gasteiger partial charge is 0.274 e. The Labute approximate surface area is 150 Å². The first-order valence-electron chi connectivity index (χ1n) is 8.54. The number of hydrogen-bond donors (Lipinski definition) is 1.